The largest absolute Gasteiger partial charge is 0.350 e. The van der Waals surface area contributed by atoms with Crippen LogP contribution in [0.2, 0.25) is 0 Å². The molecule has 0 amide bonds. The van der Waals surface area contributed by atoms with Crippen molar-refractivity contribution in [1.29, 1.82) is 0 Å². The van der Waals surface area contributed by atoms with Crippen molar-refractivity contribution in [3.63, 3.8) is 0 Å². The van der Waals surface area contributed by atoms with Crippen molar-refractivity contribution >= 4 is 34.7 Å². The minimum Gasteiger partial charge on any atom is -0.350 e. The van der Waals surface area contributed by atoms with Crippen LogP contribution < -0.4 is 0 Å². The molecule has 1 aromatic heterocycles. The third-order valence-corrected chi connectivity index (χ3v) is 4.19. The highest BCUT2D eigenvalue weighted by atomic mass is 35.5. The second-order valence-corrected chi connectivity index (χ2v) is 6.45. The van der Waals surface area contributed by atoms with E-state index in [0.29, 0.717) is 0 Å². The summed E-state index contributed by atoms with van der Waals surface area (Å²) in [5.74, 6) is 0. The van der Waals surface area contributed by atoms with Crippen molar-refractivity contribution < 1.29 is 0 Å². The molecule has 122 valence electrons. The standard InChI is InChI=1S/C20H19N3.ClH/c1-20(2)21-18(14-9-5-4-6-10-14)19(22-20)16-13-23(3)17-12-8-7-11-15(16)17;/h4-13H,1-3H3;1H. The number of aliphatic imine (C=N–C) groups is 2. The average molecular weight is 338 g/mol. The summed E-state index contributed by atoms with van der Waals surface area (Å²) in [6.45, 7) is 4.10. The first-order chi connectivity index (χ1) is 11.1. The van der Waals surface area contributed by atoms with Gasteiger partial charge in [0.15, 0.2) is 0 Å². The Hall–Kier alpha value is -2.39. The smallest absolute Gasteiger partial charge is 0.146 e. The number of hydrogen-bond donors (Lipinski definition) is 0. The van der Waals surface area contributed by atoms with E-state index in [0.717, 1.165) is 22.6 Å². The lowest BCUT2D eigenvalue weighted by molar-refractivity contribution is 0.567. The maximum absolute atomic E-state index is 4.91. The van der Waals surface area contributed by atoms with Gasteiger partial charge in [0, 0.05) is 35.3 Å². The Labute approximate surface area is 148 Å². The van der Waals surface area contributed by atoms with Gasteiger partial charge in [-0.2, -0.15) is 0 Å². The number of aryl methyl sites for hydroxylation is 1. The van der Waals surface area contributed by atoms with Gasteiger partial charge in [-0.3, -0.25) is 9.98 Å². The van der Waals surface area contributed by atoms with Gasteiger partial charge in [-0.15, -0.1) is 12.4 Å². The molecule has 24 heavy (non-hydrogen) atoms. The van der Waals surface area contributed by atoms with E-state index >= 15 is 0 Å². The second kappa shape index (κ2) is 5.91. The van der Waals surface area contributed by atoms with Crippen LogP contribution in [0.1, 0.15) is 25.0 Å². The molecule has 0 unspecified atom stereocenters. The minimum atomic E-state index is -0.419. The molecule has 0 bridgehead atoms. The molecule has 0 spiro atoms. The Bertz CT molecular complexity index is 949. The van der Waals surface area contributed by atoms with Gasteiger partial charge >= 0.3 is 0 Å². The van der Waals surface area contributed by atoms with Crippen molar-refractivity contribution in [2.45, 2.75) is 19.5 Å². The number of hydrogen-bond acceptors (Lipinski definition) is 2. The molecule has 0 aliphatic carbocycles. The Morgan fingerprint density at radius 2 is 1.46 bits per heavy atom. The quantitative estimate of drug-likeness (QED) is 0.652. The maximum atomic E-state index is 4.91. The summed E-state index contributed by atoms with van der Waals surface area (Å²) in [5.41, 5.74) is 5.02. The predicted octanol–water partition coefficient (Wildman–Crippen LogP) is 4.63. The van der Waals surface area contributed by atoms with Crippen LogP contribution in [0.15, 0.2) is 70.8 Å². The van der Waals surface area contributed by atoms with Gasteiger partial charge in [-0.05, 0) is 19.9 Å². The summed E-state index contributed by atoms with van der Waals surface area (Å²) < 4.78 is 2.15. The van der Waals surface area contributed by atoms with Gasteiger partial charge in [0.05, 0.1) is 11.4 Å². The van der Waals surface area contributed by atoms with Gasteiger partial charge in [0.1, 0.15) is 5.66 Å². The van der Waals surface area contributed by atoms with E-state index in [1.165, 1.54) is 10.9 Å². The number of para-hydroxylation sites is 1. The molecule has 3 aromatic rings. The van der Waals surface area contributed by atoms with Crippen molar-refractivity contribution in [2.24, 2.45) is 17.0 Å². The molecular weight excluding hydrogens is 318 g/mol. The summed E-state index contributed by atoms with van der Waals surface area (Å²) in [6.07, 6.45) is 2.16. The second-order valence-electron chi connectivity index (χ2n) is 6.45. The van der Waals surface area contributed by atoms with E-state index in [9.17, 15) is 0 Å². The molecule has 2 heterocycles. The molecule has 0 fully saturated rings. The number of aromatic nitrogens is 1. The highest BCUT2D eigenvalue weighted by Gasteiger charge is 2.30. The highest BCUT2D eigenvalue weighted by Crippen LogP contribution is 2.29. The molecule has 2 aromatic carbocycles. The maximum Gasteiger partial charge on any atom is 0.146 e. The molecule has 0 N–H and O–H groups in total. The van der Waals surface area contributed by atoms with Crippen LogP contribution in [0.5, 0.6) is 0 Å². The number of benzene rings is 2. The van der Waals surface area contributed by atoms with Gasteiger partial charge in [-0.1, -0.05) is 48.5 Å². The van der Waals surface area contributed by atoms with E-state index in [1.54, 1.807) is 0 Å². The van der Waals surface area contributed by atoms with E-state index in [2.05, 4.69) is 54.2 Å². The fourth-order valence-corrected chi connectivity index (χ4v) is 3.19. The van der Waals surface area contributed by atoms with Crippen LogP contribution >= 0.6 is 12.4 Å². The normalized spacial score (nSPS) is 15.8. The van der Waals surface area contributed by atoms with Gasteiger partial charge in [-0.25, -0.2) is 0 Å². The van der Waals surface area contributed by atoms with Crippen LogP contribution in [0, 0.1) is 0 Å². The Kier molecular flexibility index (Phi) is 4.06. The first kappa shape index (κ1) is 16.5. The Morgan fingerprint density at radius 3 is 2.21 bits per heavy atom. The Morgan fingerprint density at radius 1 is 0.833 bits per heavy atom. The summed E-state index contributed by atoms with van der Waals surface area (Å²) in [6, 6.07) is 18.7. The lowest BCUT2D eigenvalue weighted by atomic mass is 10.00. The van der Waals surface area contributed by atoms with Crippen LogP contribution in [0.4, 0.5) is 0 Å². The van der Waals surface area contributed by atoms with E-state index < -0.39 is 5.66 Å². The van der Waals surface area contributed by atoms with Crippen LogP contribution in [0.3, 0.4) is 0 Å². The third kappa shape index (κ3) is 2.65. The number of nitrogens with zero attached hydrogens (tertiary/aromatic N) is 3. The third-order valence-electron chi connectivity index (χ3n) is 4.19. The van der Waals surface area contributed by atoms with Gasteiger partial charge < -0.3 is 4.57 Å². The molecule has 0 radical (unpaired) electrons. The monoisotopic (exact) mass is 337 g/mol. The molecule has 0 saturated carbocycles. The number of fused-ring (bicyclic) bond motifs is 1. The summed E-state index contributed by atoms with van der Waals surface area (Å²) in [7, 11) is 2.08. The molecule has 3 nitrogen and oxygen atoms in total. The zero-order chi connectivity index (χ0) is 16.0. The highest BCUT2D eigenvalue weighted by molar-refractivity contribution is 6.56. The molecule has 4 rings (SSSR count). The fourth-order valence-electron chi connectivity index (χ4n) is 3.19. The van der Waals surface area contributed by atoms with E-state index in [4.69, 9.17) is 9.98 Å². The molecule has 0 saturated heterocycles. The first-order valence-electron chi connectivity index (χ1n) is 7.85. The average Bonchev–Trinajstić information content (AvgIpc) is 3.06. The predicted molar refractivity (Wildman–Crippen MR) is 104 cm³/mol. The molecule has 4 heteroatoms. The number of halogens is 1. The van der Waals surface area contributed by atoms with Gasteiger partial charge in [0.2, 0.25) is 0 Å². The zero-order valence-electron chi connectivity index (χ0n) is 14.0. The molecule has 1 aliphatic rings. The lowest BCUT2D eigenvalue weighted by Gasteiger charge is -2.07. The summed E-state index contributed by atoms with van der Waals surface area (Å²) in [4.78, 5) is 9.78. The first-order valence-corrected chi connectivity index (χ1v) is 7.85. The summed E-state index contributed by atoms with van der Waals surface area (Å²) in [5, 5.41) is 1.22. The SMILES string of the molecule is Cl.Cn1cc(C2=NC(C)(C)N=C2c2ccccc2)c2ccccc21. The van der Waals surface area contributed by atoms with Gasteiger partial charge in [0.25, 0.3) is 0 Å². The molecule has 1 aliphatic heterocycles. The van der Waals surface area contributed by atoms with Crippen LogP contribution in [-0.2, 0) is 7.05 Å². The van der Waals surface area contributed by atoms with Crippen LogP contribution in [0.25, 0.3) is 10.9 Å². The number of rotatable bonds is 2. The van der Waals surface area contributed by atoms with E-state index in [-0.39, 0.29) is 12.4 Å². The minimum absolute atomic E-state index is 0. The zero-order valence-corrected chi connectivity index (χ0v) is 14.8. The summed E-state index contributed by atoms with van der Waals surface area (Å²) >= 11 is 0. The lowest BCUT2D eigenvalue weighted by Crippen LogP contribution is -2.13. The van der Waals surface area contributed by atoms with Crippen molar-refractivity contribution in [3.8, 4) is 0 Å². The molecule has 0 atom stereocenters. The Balaban J connectivity index is 0.00000169. The van der Waals surface area contributed by atoms with Crippen molar-refractivity contribution in [2.75, 3.05) is 0 Å². The van der Waals surface area contributed by atoms with E-state index in [1.807, 2.05) is 32.0 Å². The van der Waals surface area contributed by atoms with Crippen molar-refractivity contribution in [1.82, 2.24) is 4.57 Å². The van der Waals surface area contributed by atoms with Crippen LogP contribution in [-0.4, -0.2) is 21.7 Å². The fraction of sp³-hybridized carbons (Fsp3) is 0.200. The molecular formula is C20H20ClN3. The van der Waals surface area contributed by atoms with Crippen molar-refractivity contribution in [3.05, 3.63) is 71.9 Å². The topological polar surface area (TPSA) is 29.6 Å².